The molecule has 1 unspecified atom stereocenters. The number of fused-ring (bicyclic) bond motifs is 2. The Bertz CT molecular complexity index is 1490. The Kier molecular flexibility index (Phi) is 5.64. The second kappa shape index (κ2) is 8.88. The number of nitrogens with zero attached hydrogens (tertiary/aromatic N) is 4. The van der Waals surface area contributed by atoms with E-state index >= 15 is 0 Å². The average Bonchev–Trinajstić information content (AvgIpc) is 3.50. The molecule has 4 heterocycles. The fourth-order valence-electron chi connectivity index (χ4n) is 5.53. The van der Waals surface area contributed by atoms with E-state index < -0.39 is 5.54 Å². The second-order valence-electron chi connectivity index (χ2n) is 10.2. The third kappa shape index (κ3) is 3.83. The van der Waals surface area contributed by atoms with Crippen LogP contribution in [0.1, 0.15) is 42.4 Å². The maximum absolute atomic E-state index is 13.8. The highest BCUT2D eigenvalue weighted by Gasteiger charge is 2.45. The minimum atomic E-state index is -0.635. The number of hydrogen-bond acceptors (Lipinski definition) is 6. The largest absolute Gasteiger partial charge is 0.497 e. The predicted molar refractivity (Wildman–Crippen MR) is 143 cm³/mol. The highest BCUT2D eigenvalue weighted by atomic mass is 16.5. The number of nitrogens with one attached hydrogen (secondary N) is 1. The Hall–Kier alpha value is -3.91. The summed E-state index contributed by atoms with van der Waals surface area (Å²) in [7, 11) is 1.61. The molecule has 0 bridgehead atoms. The molecule has 1 amide bonds. The van der Waals surface area contributed by atoms with Gasteiger partial charge in [0, 0.05) is 40.3 Å². The fraction of sp³-hybridized carbons (Fsp3) is 0.345. The van der Waals surface area contributed by atoms with Crippen molar-refractivity contribution >= 4 is 22.6 Å². The SMILES string of the molecule is COc1cccc(C(=O)N2Cc3c(N4CCOCC4C)nc(-c4cccc5[nH]ccc45)nc3C2(C)C)c1. The van der Waals surface area contributed by atoms with Gasteiger partial charge in [0.1, 0.15) is 11.6 Å². The molecule has 1 atom stereocenters. The number of carbonyl (C=O) groups is 1. The van der Waals surface area contributed by atoms with E-state index in [-0.39, 0.29) is 11.9 Å². The van der Waals surface area contributed by atoms with Gasteiger partial charge in [-0.3, -0.25) is 4.79 Å². The van der Waals surface area contributed by atoms with Crippen molar-refractivity contribution in [3.8, 4) is 17.1 Å². The lowest BCUT2D eigenvalue weighted by atomic mass is 9.98. The van der Waals surface area contributed by atoms with Crippen LogP contribution in [0.15, 0.2) is 54.7 Å². The lowest BCUT2D eigenvalue weighted by Gasteiger charge is -2.35. The first-order valence-corrected chi connectivity index (χ1v) is 12.7. The lowest BCUT2D eigenvalue weighted by molar-refractivity contribution is 0.0570. The first-order chi connectivity index (χ1) is 17.9. The van der Waals surface area contributed by atoms with Gasteiger partial charge in [0.2, 0.25) is 0 Å². The summed E-state index contributed by atoms with van der Waals surface area (Å²) in [6.45, 7) is 8.74. The summed E-state index contributed by atoms with van der Waals surface area (Å²) in [4.78, 5) is 31.6. The summed E-state index contributed by atoms with van der Waals surface area (Å²) in [6, 6.07) is 15.7. The van der Waals surface area contributed by atoms with Crippen LogP contribution in [0.5, 0.6) is 5.75 Å². The smallest absolute Gasteiger partial charge is 0.255 e. The van der Waals surface area contributed by atoms with Crippen molar-refractivity contribution in [1.29, 1.82) is 0 Å². The zero-order chi connectivity index (χ0) is 25.7. The minimum absolute atomic E-state index is 0.0582. The molecule has 1 fully saturated rings. The fourth-order valence-corrected chi connectivity index (χ4v) is 5.53. The van der Waals surface area contributed by atoms with Crippen LogP contribution in [0.3, 0.4) is 0 Å². The van der Waals surface area contributed by atoms with Gasteiger partial charge in [-0.25, -0.2) is 9.97 Å². The molecule has 2 aromatic carbocycles. The van der Waals surface area contributed by atoms with Crippen LogP contribution in [-0.4, -0.2) is 58.7 Å². The van der Waals surface area contributed by atoms with E-state index in [2.05, 4.69) is 48.9 Å². The number of methoxy groups -OCH3 is 1. The molecule has 4 aromatic rings. The zero-order valence-electron chi connectivity index (χ0n) is 21.6. The molecule has 6 rings (SSSR count). The highest BCUT2D eigenvalue weighted by molar-refractivity contribution is 5.96. The molecule has 8 heteroatoms. The number of rotatable bonds is 4. The van der Waals surface area contributed by atoms with E-state index in [1.807, 2.05) is 35.4 Å². The van der Waals surface area contributed by atoms with Gasteiger partial charge < -0.3 is 24.3 Å². The van der Waals surface area contributed by atoms with Gasteiger partial charge in [-0.05, 0) is 51.1 Å². The lowest BCUT2D eigenvalue weighted by Crippen LogP contribution is -2.44. The number of H-pyrrole nitrogens is 1. The van der Waals surface area contributed by atoms with Crippen molar-refractivity contribution in [2.45, 2.75) is 38.9 Å². The van der Waals surface area contributed by atoms with Crippen LogP contribution in [0.4, 0.5) is 5.82 Å². The predicted octanol–water partition coefficient (Wildman–Crippen LogP) is 4.75. The van der Waals surface area contributed by atoms with Crippen molar-refractivity contribution in [3.05, 3.63) is 71.5 Å². The van der Waals surface area contributed by atoms with Crippen molar-refractivity contribution in [2.75, 3.05) is 31.8 Å². The molecule has 0 saturated carbocycles. The van der Waals surface area contributed by atoms with Crippen molar-refractivity contribution in [1.82, 2.24) is 19.9 Å². The Morgan fingerprint density at radius 2 is 2.00 bits per heavy atom. The van der Waals surface area contributed by atoms with Gasteiger partial charge in [0.25, 0.3) is 5.91 Å². The maximum Gasteiger partial charge on any atom is 0.255 e. The Morgan fingerprint density at radius 3 is 2.81 bits per heavy atom. The first-order valence-electron chi connectivity index (χ1n) is 12.7. The normalized spacial score (nSPS) is 18.8. The molecule has 0 radical (unpaired) electrons. The number of morpholine rings is 1. The monoisotopic (exact) mass is 497 g/mol. The minimum Gasteiger partial charge on any atom is -0.497 e. The van der Waals surface area contributed by atoms with Gasteiger partial charge in [-0.1, -0.05) is 18.2 Å². The number of aromatic amines is 1. The second-order valence-corrected chi connectivity index (χ2v) is 10.2. The number of anilines is 1. The topological polar surface area (TPSA) is 83.6 Å². The van der Waals surface area contributed by atoms with Crippen LogP contribution in [0.2, 0.25) is 0 Å². The number of benzene rings is 2. The van der Waals surface area contributed by atoms with Gasteiger partial charge in [-0.15, -0.1) is 0 Å². The van der Waals surface area contributed by atoms with Gasteiger partial charge in [0.15, 0.2) is 5.82 Å². The molecule has 37 heavy (non-hydrogen) atoms. The van der Waals surface area contributed by atoms with Crippen LogP contribution in [0, 0.1) is 0 Å². The standard InChI is InChI=1S/C29H31N5O3/c1-18-17-37-14-13-33(18)27-23-16-34(28(35)19-7-5-8-20(15-19)36-4)29(2,3)25(23)31-26(32-27)22-9-6-10-24-21(22)11-12-30-24/h5-12,15,18,30H,13-14,16-17H2,1-4H3. The quantitative estimate of drug-likeness (QED) is 0.438. The van der Waals surface area contributed by atoms with Crippen LogP contribution < -0.4 is 9.64 Å². The third-order valence-corrected chi connectivity index (χ3v) is 7.59. The van der Waals surface area contributed by atoms with Gasteiger partial charge in [-0.2, -0.15) is 0 Å². The summed E-state index contributed by atoms with van der Waals surface area (Å²) < 4.78 is 11.1. The summed E-state index contributed by atoms with van der Waals surface area (Å²) in [5, 5.41) is 1.07. The van der Waals surface area contributed by atoms with Crippen LogP contribution >= 0.6 is 0 Å². The van der Waals surface area contributed by atoms with Crippen LogP contribution in [0.25, 0.3) is 22.3 Å². The summed E-state index contributed by atoms with van der Waals surface area (Å²) >= 11 is 0. The van der Waals surface area contributed by atoms with E-state index in [4.69, 9.17) is 19.4 Å². The Morgan fingerprint density at radius 1 is 1.16 bits per heavy atom. The Balaban J connectivity index is 1.51. The molecule has 2 aliphatic heterocycles. The first kappa shape index (κ1) is 23.5. The number of ether oxygens (including phenoxy) is 2. The average molecular weight is 498 g/mol. The van der Waals surface area contributed by atoms with E-state index in [0.29, 0.717) is 36.9 Å². The van der Waals surface area contributed by atoms with E-state index in [9.17, 15) is 4.79 Å². The molecule has 0 aliphatic carbocycles. The number of aromatic nitrogens is 3. The van der Waals surface area contributed by atoms with E-state index in [0.717, 1.165) is 40.1 Å². The number of amides is 1. The van der Waals surface area contributed by atoms with E-state index in [1.54, 1.807) is 13.2 Å². The van der Waals surface area contributed by atoms with Gasteiger partial charge >= 0.3 is 0 Å². The highest BCUT2D eigenvalue weighted by Crippen LogP contribution is 2.44. The molecule has 1 N–H and O–H groups in total. The summed E-state index contributed by atoms with van der Waals surface area (Å²) in [6.07, 6.45) is 1.94. The molecule has 1 saturated heterocycles. The van der Waals surface area contributed by atoms with Gasteiger partial charge in [0.05, 0.1) is 44.1 Å². The third-order valence-electron chi connectivity index (χ3n) is 7.59. The van der Waals surface area contributed by atoms with Crippen molar-refractivity contribution in [2.24, 2.45) is 0 Å². The molecule has 8 nitrogen and oxygen atoms in total. The van der Waals surface area contributed by atoms with Crippen molar-refractivity contribution < 1.29 is 14.3 Å². The summed E-state index contributed by atoms with van der Waals surface area (Å²) in [5.74, 6) is 2.15. The molecular formula is C29H31N5O3. The zero-order valence-corrected chi connectivity index (χ0v) is 21.6. The molecule has 0 spiro atoms. The summed E-state index contributed by atoms with van der Waals surface area (Å²) in [5.41, 5.74) is 3.85. The molecule has 2 aromatic heterocycles. The molecule has 2 aliphatic rings. The Labute approximate surface area is 216 Å². The van der Waals surface area contributed by atoms with Crippen molar-refractivity contribution in [3.63, 3.8) is 0 Å². The molecular weight excluding hydrogens is 466 g/mol. The van der Waals surface area contributed by atoms with E-state index in [1.165, 1.54) is 0 Å². The van der Waals surface area contributed by atoms with Crippen LogP contribution in [-0.2, 0) is 16.8 Å². The number of hydrogen-bond donors (Lipinski definition) is 1. The maximum atomic E-state index is 13.8. The number of carbonyl (C=O) groups excluding carboxylic acids is 1. The molecule has 190 valence electrons.